The highest BCUT2D eigenvalue weighted by Gasteiger charge is 2.31. The van der Waals surface area contributed by atoms with Gasteiger partial charge >= 0.3 is 0 Å². The summed E-state index contributed by atoms with van der Waals surface area (Å²) in [5, 5.41) is 5.17. The highest BCUT2D eigenvalue weighted by Crippen LogP contribution is 2.27. The number of carbonyl (C=O) groups is 2. The fourth-order valence-corrected chi connectivity index (χ4v) is 5.49. The summed E-state index contributed by atoms with van der Waals surface area (Å²) in [5.74, 6) is 0.194. The molecule has 4 rings (SSSR count). The molecule has 0 saturated carbocycles. The minimum absolute atomic E-state index is 0.0141. The lowest BCUT2D eigenvalue weighted by molar-refractivity contribution is -0.134. The molecule has 2 amide bonds. The molecule has 1 saturated heterocycles. The minimum Gasteiger partial charge on any atom is -0.336 e. The maximum absolute atomic E-state index is 13.3. The average Bonchev–Trinajstić information content (AvgIpc) is 3.43. The third-order valence-electron chi connectivity index (χ3n) is 5.39. The SMILES string of the molecule is CC=CCn1c(C(=O)N2CCN(C(=O)Cc3cccs3)C(C)C2)cc2ccsc21. The monoisotopic (exact) mass is 427 g/mol. The van der Waals surface area contributed by atoms with Gasteiger partial charge < -0.3 is 14.4 Å². The molecular weight excluding hydrogens is 402 g/mol. The van der Waals surface area contributed by atoms with Crippen molar-refractivity contribution in [3.63, 3.8) is 0 Å². The van der Waals surface area contributed by atoms with E-state index in [1.807, 2.05) is 53.3 Å². The molecule has 1 atom stereocenters. The molecule has 152 valence electrons. The number of rotatable bonds is 5. The zero-order chi connectivity index (χ0) is 20.4. The molecule has 0 bridgehead atoms. The van der Waals surface area contributed by atoms with Crippen molar-refractivity contribution in [2.75, 3.05) is 19.6 Å². The van der Waals surface area contributed by atoms with Crippen molar-refractivity contribution in [2.45, 2.75) is 32.9 Å². The Bertz CT molecular complexity index is 1030. The molecule has 29 heavy (non-hydrogen) atoms. The van der Waals surface area contributed by atoms with E-state index in [-0.39, 0.29) is 17.9 Å². The van der Waals surface area contributed by atoms with Gasteiger partial charge in [0.1, 0.15) is 10.5 Å². The highest BCUT2D eigenvalue weighted by molar-refractivity contribution is 7.16. The van der Waals surface area contributed by atoms with E-state index in [2.05, 4.69) is 22.1 Å². The smallest absolute Gasteiger partial charge is 0.270 e. The molecular formula is C22H25N3O2S2. The molecule has 0 N–H and O–H groups in total. The van der Waals surface area contributed by atoms with Crippen LogP contribution in [0.2, 0.25) is 0 Å². The lowest BCUT2D eigenvalue weighted by atomic mass is 10.1. The van der Waals surface area contributed by atoms with Crippen LogP contribution >= 0.6 is 22.7 Å². The number of thiophene rings is 2. The van der Waals surface area contributed by atoms with Gasteiger partial charge in [0.15, 0.2) is 0 Å². The van der Waals surface area contributed by atoms with Gasteiger partial charge in [-0.05, 0) is 42.8 Å². The van der Waals surface area contributed by atoms with Gasteiger partial charge in [-0.25, -0.2) is 0 Å². The van der Waals surface area contributed by atoms with E-state index in [0.29, 0.717) is 32.6 Å². The Balaban J connectivity index is 1.48. The number of hydrogen-bond donors (Lipinski definition) is 0. The van der Waals surface area contributed by atoms with Gasteiger partial charge in [0.2, 0.25) is 5.91 Å². The molecule has 3 aromatic heterocycles. The Hall–Kier alpha value is -2.38. The number of hydrogen-bond acceptors (Lipinski definition) is 4. The molecule has 5 nitrogen and oxygen atoms in total. The van der Waals surface area contributed by atoms with Gasteiger partial charge in [-0.3, -0.25) is 9.59 Å². The molecule has 0 radical (unpaired) electrons. The Labute approximate surface area is 178 Å². The number of aromatic nitrogens is 1. The molecule has 0 aromatic carbocycles. The Morgan fingerprint density at radius 2 is 2.07 bits per heavy atom. The van der Waals surface area contributed by atoms with Crippen LogP contribution in [0.15, 0.2) is 47.2 Å². The predicted molar refractivity (Wildman–Crippen MR) is 120 cm³/mol. The van der Waals surface area contributed by atoms with E-state index in [0.717, 1.165) is 20.8 Å². The first kappa shape index (κ1) is 19.9. The van der Waals surface area contributed by atoms with Crippen molar-refractivity contribution in [3.05, 3.63) is 57.7 Å². The summed E-state index contributed by atoms with van der Waals surface area (Å²) >= 11 is 3.27. The van der Waals surface area contributed by atoms with E-state index in [1.54, 1.807) is 22.7 Å². The highest BCUT2D eigenvalue weighted by atomic mass is 32.1. The van der Waals surface area contributed by atoms with Crippen molar-refractivity contribution in [2.24, 2.45) is 0 Å². The standard InChI is InChI=1S/C22H25N3O2S2/c1-3-4-8-25-19(13-17-7-12-29-22(17)25)21(27)23-9-10-24(16(2)15-23)20(26)14-18-6-5-11-28-18/h3-7,11-13,16H,8-10,14-15H2,1-2H3. The lowest BCUT2D eigenvalue weighted by Gasteiger charge is -2.40. The van der Waals surface area contributed by atoms with Crippen LogP contribution in [-0.2, 0) is 17.8 Å². The van der Waals surface area contributed by atoms with Crippen molar-refractivity contribution >= 4 is 44.7 Å². The zero-order valence-electron chi connectivity index (χ0n) is 16.7. The maximum atomic E-state index is 13.3. The quantitative estimate of drug-likeness (QED) is 0.571. The summed E-state index contributed by atoms with van der Waals surface area (Å²) in [4.78, 5) is 32.0. The molecule has 7 heteroatoms. The van der Waals surface area contributed by atoms with E-state index in [4.69, 9.17) is 0 Å². The largest absolute Gasteiger partial charge is 0.336 e. The number of allylic oxidation sites excluding steroid dienone is 2. The van der Waals surface area contributed by atoms with E-state index in [9.17, 15) is 9.59 Å². The van der Waals surface area contributed by atoms with Gasteiger partial charge in [0.05, 0.1) is 6.42 Å². The average molecular weight is 428 g/mol. The van der Waals surface area contributed by atoms with Crippen molar-refractivity contribution < 1.29 is 9.59 Å². The topological polar surface area (TPSA) is 45.6 Å². The molecule has 1 aliphatic rings. The Morgan fingerprint density at radius 3 is 2.79 bits per heavy atom. The van der Waals surface area contributed by atoms with Crippen LogP contribution in [0.1, 0.15) is 29.2 Å². The van der Waals surface area contributed by atoms with Crippen molar-refractivity contribution in [1.29, 1.82) is 0 Å². The summed E-state index contributed by atoms with van der Waals surface area (Å²) in [6.45, 7) is 6.44. The first-order chi connectivity index (χ1) is 14.1. The third-order valence-corrected chi connectivity index (χ3v) is 7.21. The molecule has 1 aliphatic heterocycles. The van der Waals surface area contributed by atoms with Crippen LogP contribution < -0.4 is 0 Å². The second-order valence-corrected chi connectivity index (χ2v) is 9.26. The molecule has 0 spiro atoms. The fraction of sp³-hybridized carbons (Fsp3) is 0.364. The normalized spacial score (nSPS) is 17.5. The van der Waals surface area contributed by atoms with Crippen LogP contribution in [0.3, 0.4) is 0 Å². The Morgan fingerprint density at radius 1 is 1.21 bits per heavy atom. The molecule has 0 aliphatic carbocycles. The first-order valence-corrected chi connectivity index (χ1v) is 11.6. The molecule has 1 unspecified atom stereocenters. The molecule has 1 fully saturated rings. The van der Waals surface area contributed by atoms with Gasteiger partial charge in [-0.1, -0.05) is 18.2 Å². The summed E-state index contributed by atoms with van der Waals surface area (Å²) in [7, 11) is 0. The number of carbonyl (C=O) groups excluding carboxylic acids is 2. The molecule has 3 aromatic rings. The van der Waals surface area contributed by atoms with Crippen LogP contribution in [0.4, 0.5) is 0 Å². The Kier molecular flexibility index (Phi) is 5.87. The van der Waals surface area contributed by atoms with E-state index in [1.165, 1.54) is 0 Å². The summed E-state index contributed by atoms with van der Waals surface area (Å²) in [5.41, 5.74) is 0.732. The maximum Gasteiger partial charge on any atom is 0.270 e. The number of amides is 2. The number of fused-ring (bicyclic) bond motifs is 1. The zero-order valence-corrected chi connectivity index (χ0v) is 18.3. The second kappa shape index (κ2) is 8.55. The first-order valence-electron chi connectivity index (χ1n) is 9.87. The minimum atomic E-state index is 0.0141. The summed E-state index contributed by atoms with van der Waals surface area (Å²) in [6, 6.07) is 8.04. The van der Waals surface area contributed by atoms with Crippen LogP contribution in [-0.4, -0.2) is 51.9 Å². The van der Waals surface area contributed by atoms with Gasteiger partial charge in [-0.2, -0.15) is 0 Å². The van der Waals surface area contributed by atoms with Crippen molar-refractivity contribution in [3.8, 4) is 0 Å². The number of nitrogens with zero attached hydrogens (tertiary/aromatic N) is 3. The fourth-order valence-electron chi connectivity index (χ4n) is 3.88. The van der Waals surface area contributed by atoms with Crippen LogP contribution in [0.25, 0.3) is 10.2 Å². The van der Waals surface area contributed by atoms with Gasteiger partial charge in [0, 0.05) is 42.5 Å². The summed E-state index contributed by atoms with van der Waals surface area (Å²) in [6.07, 6.45) is 4.52. The number of piperazine rings is 1. The van der Waals surface area contributed by atoms with Crippen molar-refractivity contribution in [1.82, 2.24) is 14.4 Å². The lowest BCUT2D eigenvalue weighted by Crippen LogP contribution is -2.55. The van der Waals surface area contributed by atoms with E-state index < -0.39 is 0 Å². The summed E-state index contributed by atoms with van der Waals surface area (Å²) < 4.78 is 2.10. The van der Waals surface area contributed by atoms with Crippen LogP contribution in [0, 0.1) is 0 Å². The van der Waals surface area contributed by atoms with Gasteiger partial charge in [0.25, 0.3) is 5.91 Å². The second-order valence-electron chi connectivity index (χ2n) is 7.33. The third kappa shape index (κ3) is 4.02. The predicted octanol–water partition coefficient (Wildman–Crippen LogP) is 4.26. The van der Waals surface area contributed by atoms with E-state index >= 15 is 0 Å². The van der Waals surface area contributed by atoms with Gasteiger partial charge in [-0.15, -0.1) is 22.7 Å². The molecule has 4 heterocycles. The van der Waals surface area contributed by atoms with Crippen LogP contribution in [0.5, 0.6) is 0 Å².